The number of rotatable bonds is 6. The van der Waals surface area contributed by atoms with Gasteiger partial charge in [-0.05, 0) is 38.8 Å². The predicted octanol–water partition coefficient (Wildman–Crippen LogP) is 0.589. The number of sulfone groups is 1. The van der Waals surface area contributed by atoms with Gasteiger partial charge in [-0.15, -0.1) is 0 Å². The standard InChI is InChI=1S/C12H21N3O3S/c1-13-6-2-5-11-14-12(18-15-11)8-10-4-3-7-19(16,17)9-10/h10,13H,2-9H2,1H3. The molecule has 2 heterocycles. The van der Waals surface area contributed by atoms with Crippen molar-refractivity contribution in [2.45, 2.75) is 32.1 Å². The van der Waals surface area contributed by atoms with Crippen LogP contribution in [0.5, 0.6) is 0 Å². The SMILES string of the molecule is CNCCCc1noc(CC2CCCS(=O)(=O)C2)n1. The van der Waals surface area contributed by atoms with Gasteiger partial charge in [-0.3, -0.25) is 0 Å². The molecule has 19 heavy (non-hydrogen) atoms. The minimum Gasteiger partial charge on any atom is -0.339 e. The van der Waals surface area contributed by atoms with E-state index in [0.717, 1.165) is 32.2 Å². The van der Waals surface area contributed by atoms with Gasteiger partial charge in [0.1, 0.15) is 0 Å². The molecule has 108 valence electrons. The second-order valence-electron chi connectivity index (χ2n) is 5.14. The monoisotopic (exact) mass is 287 g/mol. The molecular formula is C12H21N3O3S. The van der Waals surface area contributed by atoms with Crippen LogP contribution in [0.2, 0.25) is 0 Å². The zero-order valence-corrected chi connectivity index (χ0v) is 12.1. The summed E-state index contributed by atoms with van der Waals surface area (Å²) in [4.78, 5) is 4.32. The van der Waals surface area contributed by atoms with E-state index in [0.29, 0.717) is 23.9 Å². The molecule has 0 aliphatic carbocycles. The summed E-state index contributed by atoms with van der Waals surface area (Å²) in [6, 6.07) is 0. The molecule has 1 atom stereocenters. The van der Waals surface area contributed by atoms with Gasteiger partial charge < -0.3 is 9.84 Å². The Balaban J connectivity index is 1.85. The topological polar surface area (TPSA) is 85.1 Å². The van der Waals surface area contributed by atoms with Gasteiger partial charge in [-0.1, -0.05) is 5.16 Å². The Morgan fingerprint density at radius 1 is 1.47 bits per heavy atom. The summed E-state index contributed by atoms with van der Waals surface area (Å²) >= 11 is 0. The van der Waals surface area contributed by atoms with Crippen molar-refractivity contribution in [1.29, 1.82) is 0 Å². The van der Waals surface area contributed by atoms with E-state index in [4.69, 9.17) is 4.52 Å². The molecule has 0 aromatic carbocycles. The predicted molar refractivity (Wildman–Crippen MR) is 71.6 cm³/mol. The van der Waals surface area contributed by atoms with Crippen LogP contribution in [-0.4, -0.2) is 43.7 Å². The number of hydrogen-bond acceptors (Lipinski definition) is 6. The van der Waals surface area contributed by atoms with E-state index in [1.54, 1.807) is 0 Å². The third-order valence-electron chi connectivity index (χ3n) is 3.36. The Hall–Kier alpha value is -0.950. The van der Waals surface area contributed by atoms with E-state index >= 15 is 0 Å². The molecule has 0 amide bonds. The van der Waals surface area contributed by atoms with Crippen LogP contribution in [0.15, 0.2) is 4.52 Å². The highest BCUT2D eigenvalue weighted by molar-refractivity contribution is 7.91. The van der Waals surface area contributed by atoms with Crippen LogP contribution in [-0.2, 0) is 22.7 Å². The van der Waals surface area contributed by atoms with Crippen LogP contribution < -0.4 is 5.32 Å². The summed E-state index contributed by atoms with van der Waals surface area (Å²) in [5.74, 6) is 1.99. The highest BCUT2D eigenvalue weighted by Gasteiger charge is 2.26. The number of aryl methyl sites for hydroxylation is 1. The van der Waals surface area contributed by atoms with Gasteiger partial charge in [0, 0.05) is 12.8 Å². The maximum absolute atomic E-state index is 11.6. The average Bonchev–Trinajstić information content (AvgIpc) is 2.76. The molecule has 1 aliphatic rings. The van der Waals surface area contributed by atoms with Crippen LogP contribution in [0.4, 0.5) is 0 Å². The van der Waals surface area contributed by atoms with Gasteiger partial charge in [0.25, 0.3) is 0 Å². The van der Waals surface area contributed by atoms with Crippen molar-refractivity contribution in [3.05, 3.63) is 11.7 Å². The van der Waals surface area contributed by atoms with Gasteiger partial charge >= 0.3 is 0 Å². The highest BCUT2D eigenvalue weighted by atomic mass is 32.2. The van der Waals surface area contributed by atoms with E-state index in [1.807, 2.05) is 7.05 Å². The molecule has 6 nitrogen and oxygen atoms in total. The van der Waals surface area contributed by atoms with Crippen LogP contribution >= 0.6 is 0 Å². The normalized spacial score (nSPS) is 22.5. The van der Waals surface area contributed by atoms with E-state index in [-0.39, 0.29) is 11.7 Å². The molecule has 1 fully saturated rings. The lowest BCUT2D eigenvalue weighted by atomic mass is 10.0. The molecule has 7 heteroatoms. The van der Waals surface area contributed by atoms with Crippen LogP contribution in [0.3, 0.4) is 0 Å². The van der Waals surface area contributed by atoms with Gasteiger partial charge in [0.15, 0.2) is 15.7 Å². The summed E-state index contributed by atoms with van der Waals surface area (Å²) in [6.07, 6.45) is 4.01. The van der Waals surface area contributed by atoms with Crippen LogP contribution in [0.1, 0.15) is 31.0 Å². The van der Waals surface area contributed by atoms with Gasteiger partial charge in [0.05, 0.1) is 11.5 Å². The number of nitrogens with one attached hydrogen (secondary N) is 1. The second-order valence-corrected chi connectivity index (χ2v) is 7.37. The average molecular weight is 287 g/mol. The molecule has 1 saturated heterocycles. The minimum absolute atomic E-state index is 0.129. The van der Waals surface area contributed by atoms with E-state index in [1.165, 1.54) is 0 Å². The first kappa shape index (κ1) is 14.5. The third kappa shape index (κ3) is 4.58. The summed E-state index contributed by atoms with van der Waals surface area (Å²) in [5.41, 5.74) is 0. The Kier molecular flexibility index (Phi) is 4.93. The Labute approximate surface area is 113 Å². The van der Waals surface area contributed by atoms with Crippen LogP contribution in [0, 0.1) is 5.92 Å². The summed E-state index contributed by atoms with van der Waals surface area (Å²) in [7, 11) is -0.953. The summed E-state index contributed by atoms with van der Waals surface area (Å²) < 4.78 is 28.3. The first-order chi connectivity index (χ1) is 9.09. The molecule has 0 radical (unpaired) electrons. The first-order valence-electron chi connectivity index (χ1n) is 6.75. The lowest BCUT2D eigenvalue weighted by molar-refractivity contribution is 0.346. The maximum atomic E-state index is 11.6. The zero-order chi connectivity index (χ0) is 13.7. The number of aromatic nitrogens is 2. The van der Waals surface area contributed by atoms with Crippen molar-refractivity contribution in [2.24, 2.45) is 5.92 Å². The van der Waals surface area contributed by atoms with E-state index in [2.05, 4.69) is 15.5 Å². The molecular weight excluding hydrogens is 266 g/mol. The lowest BCUT2D eigenvalue weighted by Crippen LogP contribution is -2.26. The van der Waals surface area contributed by atoms with E-state index < -0.39 is 9.84 Å². The third-order valence-corrected chi connectivity index (χ3v) is 5.25. The first-order valence-corrected chi connectivity index (χ1v) is 8.57. The Morgan fingerprint density at radius 3 is 3.05 bits per heavy atom. The minimum atomic E-state index is -2.86. The Bertz CT molecular complexity index is 498. The number of nitrogens with zero attached hydrogens (tertiary/aromatic N) is 2. The van der Waals surface area contributed by atoms with Crippen molar-refractivity contribution >= 4 is 9.84 Å². The Morgan fingerprint density at radius 2 is 2.32 bits per heavy atom. The van der Waals surface area contributed by atoms with Crippen molar-refractivity contribution in [3.63, 3.8) is 0 Å². The molecule has 0 bridgehead atoms. The van der Waals surface area contributed by atoms with E-state index in [9.17, 15) is 8.42 Å². The van der Waals surface area contributed by atoms with Gasteiger partial charge in [-0.2, -0.15) is 4.98 Å². The lowest BCUT2D eigenvalue weighted by Gasteiger charge is -2.19. The summed E-state index contributed by atoms with van der Waals surface area (Å²) in [6.45, 7) is 0.921. The van der Waals surface area contributed by atoms with Crippen molar-refractivity contribution in [1.82, 2.24) is 15.5 Å². The van der Waals surface area contributed by atoms with Crippen molar-refractivity contribution in [3.8, 4) is 0 Å². The fourth-order valence-electron chi connectivity index (χ4n) is 2.42. The van der Waals surface area contributed by atoms with Crippen molar-refractivity contribution in [2.75, 3.05) is 25.1 Å². The molecule has 2 rings (SSSR count). The molecule has 1 aromatic rings. The fraction of sp³-hybridized carbons (Fsp3) is 0.833. The smallest absolute Gasteiger partial charge is 0.226 e. The highest BCUT2D eigenvalue weighted by Crippen LogP contribution is 2.21. The number of hydrogen-bond donors (Lipinski definition) is 1. The van der Waals surface area contributed by atoms with Gasteiger partial charge in [0.2, 0.25) is 5.89 Å². The van der Waals surface area contributed by atoms with Crippen LogP contribution in [0.25, 0.3) is 0 Å². The maximum Gasteiger partial charge on any atom is 0.226 e. The quantitative estimate of drug-likeness (QED) is 0.771. The van der Waals surface area contributed by atoms with Gasteiger partial charge in [-0.25, -0.2) is 8.42 Å². The zero-order valence-electron chi connectivity index (χ0n) is 11.3. The molecule has 1 aliphatic heterocycles. The largest absolute Gasteiger partial charge is 0.339 e. The molecule has 0 saturated carbocycles. The molecule has 1 N–H and O–H groups in total. The molecule has 1 unspecified atom stereocenters. The van der Waals surface area contributed by atoms with Crippen molar-refractivity contribution < 1.29 is 12.9 Å². The summed E-state index contributed by atoms with van der Waals surface area (Å²) in [5, 5.41) is 6.99. The fourth-order valence-corrected chi connectivity index (χ4v) is 4.20. The molecule has 0 spiro atoms. The molecule has 1 aromatic heterocycles. The second kappa shape index (κ2) is 6.47.